The van der Waals surface area contributed by atoms with Crippen molar-refractivity contribution in [1.29, 1.82) is 0 Å². The van der Waals surface area contributed by atoms with Gasteiger partial charge in [-0.05, 0) is 55.5 Å². The summed E-state index contributed by atoms with van der Waals surface area (Å²) in [6.45, 7) is 1.90. The fourth-order valence-corrected chi connectivity index (χ4v) is 2.96. The topological polar surface area (TPSA) is 102 Å². The highest BCUT2D eigenvalue weighted by Crippen LogP contribution is 2.17. The zero-order valence-electron chi connectivity index (χ0n) is 16.5. The quantitative estimate of drug-likeness (QED) is 0.498. The van der Waals surface area contributed by atoms with Crippen molar-refractivity contribution in [2.45, 2.75) is 13.5 Å². The molecule has 31 heavy (non-hydrogen) atoms. The van der Waals surface area contributed by atoms with Gasteiger partial charge in [0.25, 0.3) is 11.8 Å². The molecule has 0 aliphatic rings. The predicted octanol–water partition coefficient (Wildman–Crippen LogP) is 3.49. The third kappa shape index (κ3) is 4.50. The summed E-state index contributed by atoms with van der Waals surface area (Å²) in [7, 11) is 0. The first kappa shape index (κ1) is 20.0. The fourth-order valence-electron chi connectivity index (χ4n) is 2.96. The molecule has 0 unspecified atom stereocenters. The second-order valence-electron chi connectivity index (χ2n) is 6.63. The molecule has 0 fully saturated rings. The van der Waals surface area contributed by atoms with Crippen LogP contribution in [0.2, 0.25) is 0 Å². The second-order valence-corrected chi connectivity index (χ2v) is 6.63. The molecule has 8 nitrogen and oxygen atoms in total. The summed E-state index contributed by atoms with van der Waals surface area (Å²) in [4.78, 5) is 29.5. The number of furan rings is 1. The normalized spacial score (nSPS) is 10.6. The molecule has 2 aromatic carbocycles. The molecular formula is C22H18FN5O3. The van der Waals surface area contributed by atoms with Crippen LogP contribution in [-0.2, 0) is 6.54 Å². The molecule has 0 saturated heterocycles. The number of amides is 2. The number of carbonyl (C=O) groups is 2. The highest BCUT2D eigenvalue weighted by molar-refractivity contribution is 6.07. The van der Waals surface area contributed by atoms with Crippen molar-refractivity contribution in [2.75, 3.05) is 5.32 Å². The number of anilines is 1. The summed E-state index contributed by atoms with van der Waals surface area (Å²) in [5.74, 6) is -0.320. The van der Waals surface area contributed by atoms with Gasteiger partial charge in [-0.1, -0.05) is 12.1 Å². The molecule has 2 heterocycles. The Morgan fingerprint density at radius 3 is 2.55 bits per heavy atom. The Hall–Kier alpha value is -4.27. The molecule has 0 aliphatic heterocycles. The first-order valence-electron chi connectivity index (χ1n) is 9.42. The summed E-state index contributed by atoms with van der Waals surface area (Å²) in [6.07, 6.45) is 1.52. The zero-order chi connectivity index (χ0) is 21.8. The van der Waals surface area contributed by atoms with Gasteiger partial charge in [0.15, 0.2) is 0 Å². The van der Waals surface area contributed by atoms with Crippen LogP contribution in [0.5, 0.6) is 0 Å². The first-order valence-corrected chi connectivity index (χ1v) is 9.42. The molecular weight excluding hydrogens is 401 g/mol. The molecule has 2 amide bonds. The molecule has 2 aromatic heterocycles. The summed E-state index contributed by atoms with van der Waals surface area (Å²) in [5, 5.41) is 9.63. The third-order valence-corrected chi connectivity index (χ3v) is 4.47. The third-order valence-electron chi connectivity index (χ3n) is 4.47. The lowest BCUT2D eigenvalue weighted by Gasteiger charge is -2.10. The van der Waals surface area contributed by atoms with Gasteiger partial charge in [0.2, 0.25) is 5.82 Å². The number of carbonyl (C=O) groups excluding carboxylic acids is 2. The van der Waals surface area contributed by atoms with Crippen molar-refractivity contribution >= 4 is 17.5 Å². The average molecular weight is 419 g/mol. The number of aryl methyl sites for hydroxylation is 1. The van der Waals surface area contributed by atoms with Crippen LogP contribution >= 0.6 is 0 Å². The number of benzene rings is 2. The van der Waals surface area contributed by atoms with E-state index in [1.165, 1.54) is 35.2 Å². The Bertz CT molecular complexity index is 1220. The van der Waals surface area contributed by atoms with Gasteiger partial charge >= 0.3 is 0 Å². The first-order chi connectivity index (χ1) is 15.0. The van der Waals surface area contributed by atoms with Gasteiger partial charge in [-0.3, -0.25) is 9.59 Å². The fraction of sp³-hybridized carbons (Fsp3) is 0.0909. The molecule has 0 aliphatic carbocycles. The molecule has 9 heteroatoms. The lowest BCUT2D eigenvalue weighted by Crippen LogP contribution is -2.25. The van der Waals surface area contributed by atoms with E-state index in [1.54, 1.807) is 43.3 Å². The van der Waals surface area contributed by atoms with Gasteiger partial charge in [0.05, 0.1) is 29.7 Å². The number of aromatic nitrogens is 3. The molecule has 0 saturated carbocycles. The Morgan fingerprint density at radius 1 is 1.03 bits per heavy atom. The number of hydrogen-bond acceptors (Lipinski definition) is 5. The van der Waals surface area contributed by atoms with Crippen molar-refractivity contribution in [3.63, 3.8) is 0 Å². The SMILES string of the molecule is Cc1nc(C(=O)Nc2ccccc2C(=O)NCc2ccco2)nn1-c1ccc(F)cc1. The predicted molar refractivity (Wildman–Crippen MR) is 110 cm³/mol. The van der Waals surface area contributed by atoms with E-state index in [1.807, 2.05) is 0 Å². The minimum Gasteiger partial charge on any atom is -0.467 e. The minimum absolute atomic E-state index is 0.0763. The molecule has 2 N–H and O–H groups in total. The lowest BCUT2D eigenvalue weighted by molar-refractivity contribution is 0.0949. The zero-order valence-corrected chi connectivity index (χ0v) is 16.5. The number of nitrogens with one attached hydrogen (secondary N) is 2. The van der Waals surface area contributed by atoms with Gasteiger partial charge in [0.1, 0.15) is 17.4 Å². The number of nitrogens with zero attached hydrogens (tertiary/aromatic N) is 3. The van der Waals surface area contributed by atoms with Crippen LogP contribution in [0.3, 0.4) is 0 Å². The molecule has 0 bridgehead atoms. The molecule has 156 valence electrons. The minimum atomic E-state index is -0.574. The maximum Gasteiger partial charge on any atom is 0.295 e. The van der Waals surface area contributed by atoms with E-state index in [0.29, 0.717) is 23.0 Å². The highest BCUT2D eigenvalue weighted by atomic mass is 19.1. The van der Waals surface area contributed by atoms with Crippen LogP contribution < -0.4 is 10.6 Å². The monoisotopic (exact) mass is 419 g/mol. The van der Waals surface area contributed by atoms with Gasteiger partial charge in [-0.25, -0.2) is 14.1 Å². The van der Waals surface area contributed by atoms with Crippen LogP contribution in [0.4, 0.5) is 10.1 Å². The van der Waals surface area contributed by atoms with Crippen molar-refractivity contribution < 1.29 is 18.4 Å². The van der Waals surface area contributed by atoms with Gasteiger partial charge in [0, 0.05) is 0 Å². The van der Waals surface area contributed by atoms with Gasteiger partial charge in [-0.15, -0.1) is 5.10 Å². The maximum atomic E-state index is 13.2. The van der Waals surface area contributed by atoms with E-state index in [0.717, 1.165) is 0 Å². The van der Waals surface area contributed by atoms with E-state index in [9.17, 15) is 14.0 Å². The number of hydrogen-bond donors (Lipinski definition) is 2. The van der Waals surface area contributed by atoms with Crippen LogP contribution in [0.25, 0.3) is 5.69 Å². The van der Waals surface area contributed by atoms with Crippen molar-refractivity contribution in [2.24, 2.45) is 0 Å². The van der Waals surface area contributed by atoms with E-state index < -0.39 is 5.91 Å². The van der Waals surface area contributed by atoms with Crippen LogP contribution in [0.1, 0.15) is 32.6 Å². The summed E-state index contributed by atoms with van der Waals surface area (Å²) < 4.78 is 19.8. The maximum absolute atomic E-state index is 13.2. The van der Waals surface area contributed by atoms with Crippen molar-refractivity contribution in [1.82, 2.24) is 20.1 Å². The Balaban J connectivity index is 1.51. The largest absolute Gasteiger partial charge is 0.467 e. The van der Waals surface area contributed by atoms with E-state index in [-0.39, 0.29) is 29.7 Å². The number of para-hydroxylation sites is 1. The molecule has 0 spiro atoms. The Labute approximate surface area is 176 Å². The van der Waals surface area contributed by atoms with Crippen molar-refractivity contribution in [3.8, 4) is 5.69 Å². The lowest BCUT2D eigenvalue weighted by atomic mass is 10.1. The number of rotatable bonds is 6. The smallest absolute Gasteiger partial charge is 0.295 e. The van der Waals surface area contributed by atoms with Crippen LogP contribution in [-0.4, -0.2) is 26.6 Å². The average Bonchev–Trinajstić information content (AvgIpc) is 3.43. The van der Waals surface area contributed by atoms with Crippen LogP contribution in [0, 0.1) is 12.7 Å². The van der Waals surface area contributed by atoms with E-state index in [2.05, 4.69) is 20.7 Å². The van der Waals surface area contributed by atoms with Gasteiger partial charge in [-0.2, -0.15) is 0 Å². The summed E-state index contributed by atoms with van der Waals surface area (Å²) >= 11 is 0. The van der Waals surface area contributed by atoms with E-state index in [4.69, 9.17) is 4.42 Å². The Kier molecular flexibility index (Phi) is 5.57. The standard InChI is InChI=1S/C22H18FN5O3/c1-14-25-20(27-28(14)16-10-8-15(23)9-11-16)22(30)26-19-7-3-2-6-18(19)21(29)24-13-17-5-4-12-31-17/h2-12H,13H2,1H3,(H,24,29)(H,26,30). The highest BCUT2D eigenvalue weighted by Gasteiger charge is 2.18. The molecule has 4 aromatic rings. The second kappa shape index (κ2) is 8.62. The molecule has 0 radical (unpaired) electrons. The number of halogens is 1. The summed E-state index contributed by atoms with van der Waals surface area (Å²) in [6, 6.07) is 15.8. The van der Waals surface area contributed by atoms with Crippen molar-refractivity contribution in [3.05, 3.63) is 95.7 Å². The molecule has 0 atom stereocenters. The molecule has 4 rings (SSSR count). The van der Waals surface area contributed by atoms with Crippen LogP contribution in [0.15, 0.2) is 71.3 Å². The summed E-state index contributed by atoms with van der Waals surface area (Å²) in [5.41, 5.74) is 1.18. The Morgan fingerprint density at radius 2 is 1.81 bits per heavy atom. The van der Waals surface area contributed by atoms with E-state index >= 15 is 0 Å². The van der Waals surface area contributed by atoms with Gasteiger partial charge < -0.3 is 15.1 Å².